The average Bonchev–Trinajstić information content (AvgIpc) is 3.16. The topological polar surface area (TPSA) is 103 Å². The number of rotatable bonds is 4. The van der Waals surface area contributed by atoms with Crippen LogP contribution in [0.1, 0.15) is 30.0 Å². The predicted octanol–water partition coefficient (Wildman–Crippen LogP) is 4.41. The van der Waals surface area contributed by atoms with Gasteiger partial charge in [0, 0.05) is 28.7 Å². The Morgan fingerprint density at radius 2 is 2.22 bits per heavy atom. The maximum atomic E-state index is 9.94. The SMILES string of the molecule is CC1(CO)CNc2c(C#N)cc(-c3ccnc(Nc4cc(Cl)cc5c4OCCC5)n3)cc21. The van der Waals surface area contributed by atoms with Gasteiger partial charge >= 0.3 is 0 Å². The Balaban J connectivity index is 1.53. The summed E-state index contributed by atoms with van der Waals surface area (Å²) in [7, 11) is 0. The second-order valence-corrected chi connectivity index (χ2v) is 8.85. The number of nitriles is 1. The zero-order chi connectivity index (χ0) is 22.3. The van der Waals surface area contributed by atoms with E-state index in [0.717, 1.165) is 46.7 Å². The number of fused-ring (bicyclic) bond motifs is 2. The highest BCUT2D eigenvalue weighted by Gasteiger charge is 2.36. The van der Waals surface area contributed by atoms with Crippen LogP contribution in [0.15, 0.2) is 36.5 Å². The van der Waals surface area contributed by atoms with Crippen LogP contribution in [0.4, 0.5) is 17.3 Å². The number of nitrogens with zero attached hydrogens (tertiary/aromatic N) is 3. The zero-order valence-electron chi connectivity index (χ0n) is 17.6. The molecule has 8 heteroatoms. The molecule has 2 aromatic carbocycles. The Morgan fingerprint density at radius 3 is 3.03 bits per heavy atom. The molecule has 2 aliphatic heterocycles. The summed E-state index contributed by atoms with van der Waals surface area (Å²) < 4.78 is 5.87. The summed E-state index contributed by atoms with van der Waals surface area (Å²) in [6, 6.07) is 11.6. The van der Waals surface area contributed by atoms with E-state index in [2.05, 4.69) is 26.7 Å². The molecule has 162 valence electrons. The lowest BCUT2D eigenvalue weighted by Crippen LogP contribution is -2.28. The number of nitrogens with one attached hydrogen (secondary N) is 2. The van der Waals surface area contributed by atoms with E-state index in [-0.39, 0.29) is 6.61 Å². The van der Waals surface area contributed by atoms with Crippen LogP contribution in [0, 0.1) is 11.3 Å². The second-order valence-electron chi connectivity index (χ2n) is 8.41. The monoisotopic (exact) mass is 447 g/mol. The highest BCUT2D eigenvalue weighted by atomic mass is 35.5. The number of hydrogen-bond acceptors (Lipinski definition) is 7. The van der Waals surface area contributed by atoms with Gasteiger partial charge in [0.2, 0.25) is 5.95 Å². The van der Waals surface area contributed by atoms with Gasteiger partial charge in [-0.2, -0.15) is 5.26 Å². The summed E-state index contributed by atoms with van der Waals surface area (Å²) in [5.41, 5.74) is 5.03. The number of anilines is 3. The largest absolute Gasteiger partial charge is 0.491 e. The molecule has 7 nitrogen and oxygen atoms in total. The highest BCUT2D eigenvalue weighted by Crippen LogP contribution is 2.41. The molecule has 3 aromatic rings. The van der Waals surface area contributed by atoms with Crippen molar-refractivity contribution in [3.05, 3.63) is 58.2 Å². The standard InChI is InChI=1S/C24H22ClN5O2/c1-24(13-31)12-28-21-16(11-26)7-15(9-18(21)24)19-4-5-27-23(29-19)30-20-10-17(25)8-14-3-2-6-32-22(14)20/h4-5,7-10,28,31H,2-3,6,12-13H2,1H3,(H,27,29,30). The van der Waals surface area contributed by atoms with Crippen molar-refractivity contribution in [2.75, 3.05) is 30.4 Å². The number of ether oxygens (including phenoxy) is 1. The lowest BCUT2D eigenvalue weighted by atomic mass is 9.83. The molecule has 1 unspecified atom stereocenters. The van der Waals surface area contributed by atoms with Crippen molar-refractivity contribution >= 4 is 28.9 Å². The summed E-state index contributed by atoms with van der Waals surface area (Å²) in [6.45, 7) is 3.20. The van der Waals surface area contributed by atoms with Crippen LogP contribution < -0.4 is 15.4 Å². The van der Waals surface area contributed by atoms with E-state index < -0.39 is 5.41 Å². The zero-order valence-corrected chi connectivity index (χ0v) is 18.3. The molecule has 2 aliphatic rings. The number of aryl methyl sites for hydroxylation is 1. The van der Waals surface area contributed by atoms with Crippen molar-refractivity contribution in [2.24, 2.45) is 0 Å². The number of halogens is 1. The third kappa shape index (κ3) is 3.52. The van der Waals surface area contributed by atoms with Gasteiger partial charge in [0.05, 0.1) is 35.8 Å². The van der Waals surface area contributed by atoms with Gasteiger partial charge in [-0.3, -0.25) is 0 Å². The van der Waals surface area contributed by atoms with E-state index in [1.807, 2.05) is 31.2 Å². The summed E-state index contributed by atoms with van der Waals surface area (Å²) in [4.78, 5) is 9.04. The Morgan fingerprint density at radius 1 is 1.34 bits per heavy atom. The van der Waals surface area contributed by atoms with Crippen molar-refractivity contribution in [1.82, 2.24) is 9.97 Å². The number of aliphatic hydroxyl groups is 1. The van der Waals surface area contributed by atoms with Crippen molar-refractivity contribution in [2.45, 2.75) is 25.2 Å². The van der Waals surface area contributed by atoms with Crippen LogP contribution in [0.2, 0.25) is 5.02 Å². The molecule has 0 radical (unpaired) electrons. The van der Waals surface area contributed by atoms with Gasteiger partial charge in [0.15, 0.2) is 0 Å². The van der Waals surface area contributed by atoms with Gasteiger partial charge < -0.3 is 20.5 Å². The third-order valence-corrected chi connectivity index (χ3v) is 6.30. The minimum atomic E-state index is -0.456. The minimum Gasteiger partial charge on any atom is -0.491 e. The lowest BCUT2D eigenvalue weighted by Gasteiger charge is -2.22. The van der Waals surface area contributed by atoms with Crippen molar-refractivity contribution in [1.29, 1.82) is 5.26 Å². The second kappa shape index (κ2) is 7.97. The number of hydrogen-bond donors (Lipinski definition) is 3. The van der Waals surface area contributed by atoms with Crippen LogP contribution in [0.3, 0.4) is 0 Å². The molecule has 0 fully saturated rings. The Bertz CT molecular complexity index is 1260. The molecular weight excluding hydrogens is 426 g/mol. The first-order valence-corrected chi connectivity index (χ1v) is 10.9. The Kier molecular flexibility index (Phi) is 5.12. The quantitative estimate of drug-likeness (QED) is 0.544. The van der Waals surface area contributed by atoms with Gasteiger partial charge in [-0.1, -0.05) is 18.5 Å². The Labute approximate surface area is 191 Å². The molecule has 0 bridgehead atoms. The first-order valence-electron chi connectivity index (χ1n) is 10.5. The highest BCUT2D eigenvalue weighted by molar-refractivity contribution is 6.31. The maximum Gasteiger partial charge on any atom is 0.227 e. The maximum absolute atomic E-state index is 9.94. The fraction of sp³-hybridized carbons (Fsp3) is 0.292. The number of benzene rings is 2. The first-order chi connectivity index (χ1) is 15.5. The van der Waals surface area contributed by atoms with E-state index in [9.17, 15) is 10.4 Å². The molecule has 1 atom stereocenters. The molecule has 3 N–H and O–H groups in total. The van der Waals surface area contributed by atoms with Gasteiger partial charge in [0.25, 0.3) is 0 Å². The third-order valence-electron chi connectivity index (χ3n) is 6.08. The molecule has 0 saturated heterocycles. The minimum absolute atomic E-state index is 0.0161. The van der Waals surface area contributed by atoms with E-state index in [0.29, 0.717) is 35.4 Å². The molecule has 3 heterocycles. The van der Waals surface area contributed by atoms with Gasteiger partial charge in [0.1, 0.15) is 11.8 Å². The van der Waals surface area contributed by atoms with Gasteiger partial charge in [-0.05, 0) is 54.3 Å². The molecule has 32 heavy (non-hydrogen) atoms. The van der Waals surface area contributed by atoms with E-state index in [1.165, 1.54) is 0 Å². The molecule has 0 amide bonds. The fourth-order valence-corrected chi connectivity index (χ4v) is 4.54. The lowest BCUT2D eigenvalue weighted by molar-refractivity contribution is 0.219. The molecule has 0 saturated carbocycles. The number of aliphatic hydroxyl groups excluding tert-OH is 1. The van der Waals surface area contributed by atoms with Crippen LogP contribution in [-0.4, -0.2) is 34.8 Å². The van der Waals surface area contributed by atoms with E-state index >= 15 is 0 Å². The van der Waals surface area contributed by atoms with Crippen LogP contribution in [0.5, 0.6) is 5.75 Å². The summed E-state index contributed by atoms with van der Waals surface area (Å²) in [5, 5.41) is 26.8. The van der Waals surface area contributed by atoms with Crippen LogP contribution >= 0.6 is 11.6 Å². The predicted molar refractivity (Wildman–Crippen MR) is 124 cm³/mol. The normalized spacial score (nSPS) is 18.7. The smallest absolute Gasteiger partial charge is 0.227 e. The average molecular weight is 448 g/mol. The Hall–Kier alpha value is -3.34. The summed E-state index contributed by atoms with van der Waals surface area (Å²) >= 11 is 6.31. The van der Waals surface area contributed by atoms with Crippen molar-refractivity contribution in [3.63, 3.8) is 0 Å². The van der Waals surface area contributed by atoms with Crippen molar-refractivity contribution in [3.8, 4) is 23.1 Å². The fourth-order valence-electron chi connectivity index (χ4n) is 4.30. The van der Waals surface area contributed by atoms with E-state index in [4.69, 9.17) is 16.3 Å². The summed E-state index contributed by atoms with van der Waals surface area (Å²) in [6.07, 6.45) is 3.54. The molecule has 0 aliphatic carbocycles. The molecular formula is C24H22ClN5O2. The summed E-state index contributed by atoms with van der Waals surface area (Å²) in [5.74, 6) is 1.19. The van der Waals surface area contributed by atoms with E-state index in [1.54, 1.807) is 12.3 Å². The van der Waals surface area contributed by atoms with Crippen LogP contribution in [-0.2, 0) is 11.8 Å². The van der Waals surface area contributed by atoms with Crippen molar-refractivity contribution < 1.29 is 9.84 Å². The first kappa shape index (κ1) is 20.6. The molecule has 0 spiro atoms. The number of aromatic nitrogens is 2. The van der Waals surface area contributed by atoms with Gasteiger partial charge in [-0.25, -0.2) is 9.97 Å². The molecule has 5 rings (SSSR count). The molecule has 1 aromatic heterocycles. The van der Waals surface area contributed by atoms with Gasteiger partial charge in [-0.15, -0.1) is 0 Å². The van der Waals surface area contributed by atoms with Crippen LogP contribution in [0.25, 0.3) is 11.3 Å².